The van der Waals surface area contributed by atoms with Crippen molar-refractivity contribution in [3.05, 3.63) is 53.7 Å². The van der Waals surface area contributed by atoms with Crippen LogP contribution < -0.4 is 0 Å². The van der Waals surface area contributed by atoms with E-state index in [4.69, 9.17) is 9.52 Å². The van der Waals surface area contributed by atoms with Gasteiger partial charge < -0.3 is 9.52 Å². The van der Waals surface area contributed by atoms with Gasteiger partial charge in [0.15, 0.2) is 5.69 Å². The lowest BCUT2D eigenvalue weighted by atomic mass is 10.2. The molecule has 4 heteroatoms. The molecule has 0 bridgehead atoms. The SMILES string of the molecule is O=C(O)c1coc(C=Cc2ccccc2)n1. The maximum Gasteiger partial charge on any atom is 0.357 e. The summed E-state index contributed by atoms with van der Waals surface area (Å²) in [7, 11) is 0. The molecule has 0 atom stereocenters. The number of carboxylic acids is 1. The molecule has 16 heavy (non-hydrogen) atoms. The fourth-order valence-electron chi connectivity index (χ4n) is 1.19. The summed E-state index contributed by atoms with van der Waals surface area (Å²) in [5.41, 5.74) is 0.908. The summed E-state index contributed by atoms with van der Waals surface area (Å²) >= 11 is 0. The van der Waals surface area contributed by atoms with E-state index in [1.807, 2.05) is 30.3 Å². The van der Waals surface area contributed by atoms with Gasteiger partial charge in [0.1, 0.15) is 6.26 Å². The largest absolute Gasteiger partial charge is 0.476 e. The van der Waals surface area contributed by atoms with Crippen molar-refractivity contribution in [2.75, 3.05) is 0 Å². The molecule has 0 aliphatic rings. The third kappa shape index (κ3) is 2.36. The molecule has 0 amide bonds. The van der Waals surface area contributed by atoms with Gasteiger partial charge in [-0.2, -0.15) is 0 Å². The Hall–Kier alpha value is -2.36. The number of oxazole rings is 1. The van der Waals surface area contributed by atoms with Crippen LogP contribution in [-0.4, -0.2) is 16.1 Å². The van der Waals surface area contributed by atoms with E-state index in [0.717, 1.165) is 11.8 Å². The Morgan fingerprint density at radius 2 is 2.00 bits per heavy atom. The average Bonchev–Trinajstić information content (AvgIpc) is 2.76. The topological polar surface area (TPSA) is 63.3 Å². The number of hydrogen-bond donors (Lipinski definition) is 1. The molecule has 1 aromatic carbocycles. The molecule has 2 aromatic rings. The normalized spacial score (nSPS) is 10.8. The van der Waals surface area contributed by atoms with E-state index >= 15 is 0 Å². The third-order valence-corrected chi connectivity index (χ3v) is 1.96. The molecular formula is C12H9NO3. The Kier molecular flexibility index (Phi) is 2.82. The molecule has 0 spiro atoms. The van der Waals surface area contributed by atoms with Gasteiger partial charge in [0, 0.05) is 6.08 Å². The lowest BCUT2D eigenvalue weighted by Gasteiger charge is -1.88. The standard InChI is InChI=1S/C12H9NO3/c14-12(15)10-8-16-11(13-10)7-6-9-4-2-1-3-5-9/h1-8H,(H,14,15). The van der Waals surface area contributed by atoms with Crippen LogP contribution in [0, 0.1) is 0 Å². The van der Waals surface area contributed by atoms with Crippen LogP contribution in [0.15, 0.2) is 41.0 Å². The van der Waals surface area contributed by atoms with Crippen molar-refractivity contribution in [2.45, 2.75) is 0 Å². The molecule has 4 nitrogen and oxygen atoms in total. The van der Waals surface area contributed by atoms with Crippen molar-refractivity contribution in [3.8, 4) is 0 Å². The van der Waals surface area contributed by atoms with Crippen LogP contribution in [0.25, 0.3) is 12.2 Å². The first-order valence-corrected chi connectivity index (χ1v) is 4.67. The van der Waals surface area contributed by atoms with E-state index < -0.39 is 5.97 Å². The highest BCUT2D eigenvalue weighted by molar-refractivity contribution is 5.85. The Balaban J connectivity index is 2.15. The van der Waals surface area contributed by atoms with Crippen LogP contribution in [0.5, 0.6) is 0 Å². The molecule has 2 rings (SSSR count). The first-order chi connectivity index (χ1) is 7.75. The van der Waals surface area contributed by atoms with Crippen molar-refractivity contribution in [1.82, 2.24) is 4.98 Å². The second-order valence-corrected chi connectivity index (χ2v) is 3.12. The highest BCUT2D eigenvalue weighted by atomic mass is 16.4. The lowest BCUT2D eigenvalue weighted by Crippen LogP contribution is -1.95. The second kappa shape index (κ2) is 4.44. The predicted molar refractivity (Wildman–Crippen MR) is 58.8 cm³/mol. The first kappa shape index (κ1) is 10.2. The average molecular weight is 215 g/mol. The number of aromatic carboxylic acids is 1. The summed E-state index contributed by atoms with van der Waals surface area (Å²) in [5.74, 6) is -0.815. The van der Waals surface area contributed by atoms with Gasteiger partial charge in [0.05, 0.1) is 0 Å². The van der Waals surface area contributed by atoms with Gasteiger partial charge in [-0.15, -0.1) is 0 Å². The van der Waals surface area contributed by atoms with Crippen molar-refractivity contribution >= 4 is 18.1 Å². The van der Waals surface area contributed by atoms with Gasteiger partial charge in [0.2, 0.25) is 5.89 Å². The van der Waals surface area contributed by atoms with Gasteiger partial charge in [-0.1, -0.05) is 30.3 Å². The zero-order valence-electron chi connectivity index (χ0n) is 8.33. The van der Waals surface area contributed by atoms with Crippen LogP contribution in [-0.2, 0) is 0 Å². The summed E-state index contributed by atoms with van der Waals surface area (Å²) in [6, 6.07) is 9.61. The summed E-state index contributed by atoms with van der Waals surface area (Å²) in [5, 5.41) is 8.64. The van der Waals surface area contributed by atoms with Crippen LogP contribution >= 0.6 is 0 Å². The fraction of sp³-hybridized carbons (Fsp3) is 0. The Morgan fingerprint density at radius 3 is 2.62 bits per heavy atom. The zero-order valence-corrected chi connectivity index (χ0v) is 8.33. The van der Waals surface area contributed by atoms with Crippen LogP contribution in [0.2, 0.25) is 0 Å². The van der Waals surface area contributed by atoms with E-state index in [9.17, 15) is 4.79 Å². The van der Waals surface area contributed by atoms with Crippen molar-refractivity contribution in [2.24, 2.45) is 0 Å². The minimum absolute atomic E-state index is 0.0901. The summed E-state index contributed by atoms with van der Waals surface area (Å²) < 4.78 is 4.97. The van der Waals surface area contributed by atoms with Crippen molar-refractivity contribution < 1.29 is 14.3 Å². The smallest absolute Gasteiger partial charge is 0.357 e. The molecule has 0 aliphatic heterocycles. The number of rotatable bonds is 3. The summed E-state index contributed by atoms with van der Waals surface area (Å²) in [6.07, 6.45) is 4.55. The van der Waals surface area contributed by atoms with Gasteiger partial charge in [-0.05, 0) is 11.6 Å². The van der Waals surface area contributed by atoms with E-state index in [-0.39, 0.29) is 11.6 Å². The third-order valence-electron chi connectivity index (χ3n) is 1.96. The quantitative estimate of drug-likeness (QED) is 0.854. The molecule has 1 heterocycles. The van der Waals surface area contributed by atoms with Gasteiger partial charge >= 0.3 is 5.97 Å². The van der Waals surface area contributed by atoms with Crippen LogP contribution in [0.3, 0.4) is 0 Å². The molecule has 0 fully saturated rings. The highest BCUT2D eigenvalue weighted by Gasteiger charge is 2.07. The summed E-state index contributed by atoms with van der Waals surface area (Å²) in [4.78, 5) is 14.3. The number of nitrogens with zero attached hydrogens (tertiary/aromatic N) is 1. The maximum absolute atomic E-state index is 10.5. The molecule has 1 aromatic heterocycles. The number of hydrogen-bond acceptors (Lipinski definition) is 3. The van der Waals surface area contributed by atoms with Gasteiger partial charge in [0.25, 0.3) is 0 Å². The second-order valence-electron chi connectivity index (χ2n) is 3.12. The molecule has 1 N–H and O–H groups in total. The molecule has 0 aliphatic carbocycles. The van der Waals surface area contributed by atoms with Crippen molar-refractivity contribution in [3.63, 3.8) is 0 Å². The van der Waals surface area contributed by atoms with E-state index in [0.29, 0.717) is 0 Å². The van der Waals surface area contributed by atoms with Crippen molar-refractivity contribution in [1.29, 1.82) is 0 Å². The molecule has 0 saturated heterocycles. The molecule has 0 radical (unpaired) electrons. The first-order valence-electron chi connectivity index (χ1n) is 4.67. The van der Waals surface area contributed by atoms with Gasteiger partial charge in [-0.25, -0.2) is 9.78 Å². The Bertz CT molecular complexity index is 514. The fourth-order valence-corrected chi connectivity index (χ4v) is 1.19. The van der Waals surface area contributed by atoms with Gasteiger partial charge in [-0.3, -0.25) is 0 Å². The van der Waals surface area contributed by atoms with Crippen LogP contribution in [0.1, 0.15) is 21.9 Å². The Morgan fingerprint density at radius 1 is 1.25 bits per heavy atom. The van der Waals surface area contributed by atoms with E-state index in [1.54, 1.807) is 12.2 Å². The Labute approximate surface area is 91.9 Å². The molecule has 80 valence electrons. The number of carboxylic acid groups (broad SMARTS) is 1. The lowest BCUT2D eigenvalue weighted by molar-refractivity contribution is 0.0690. The van der Waals surface area contributed by atoms with E-state index in [2.05, 4.69) is 4.98 Å². The number of benzene rings is 1. The monoisotopic (exact) mass is 215 g/mol. The maximum atomic E-state index is 10.5. The minimum Gasteiger partial charge on any atom is -0.476 e. The minimum atomic E-state index is -1.09. The highest BCUT2D eigenvalue weighted by Crippen LogP contribution is 2.08. The predicted octanol–water partition coefficient (Wildman–Crippen LogP) is 2.54. The molecule has 0 saturated carbocycles. The van der Waals surface area contributed by atoms with Crippen LogP contribution in [0.4, 0.5) is 0 Å². The summed E-state index contributed by atoms with van der Waals surface area (Å²) in [6.45, 7) is 0. The number of carbonyl (C=O) groups is 1. The number of aromatic nitrogens is 1. The zero-order chi connectivity index (χ0) is 11.4. The molecular weight excluding hydrogens is 206 g/mol. The molecule has 0 unspecified atom stereocenters. The van der Waals surface area contributed by atoms with E-state index in [1.165, 1.54) is 0 Å².